The number of ether oxygens (including phenoxy) is 1. The molecule has 1 rings (SSSR count). The standard InChI is InChI=1S/C42H73N5O9/c1-8-9-10-11-12-13-14-15-16-17-18-19-20-21-22-23-36(51)45-38(32(6)49)42(55)47-27-30(4)26-35(47)40(53)46-37(29(2)3)41(54)44-34(24-25-56-33(7)50)39(52)43-31(5)28-48/h15-16,28-32,34-35,37-38,49H,8-14,17-27H2,1-7H3,(H,43,52)(H,44,54)(H,45,51)(H,46,53)/b16-15-/t30-,31+,32-,34+,35+,37+,38+/m1/s1. The van der Waals surface area contributed by atoms with Crippen LogP contribution in [0.2, 0.25) is 0 Å². The molecule has 56 heavy (non-hydrogen) atoms. The number of hydrogen-bond donors (Lipinski definition) is 5. The third kappa shape index (κ3) is 20.4. The molecule has 0 unspecified atom stereocenters. The molecule has 14 heteroatoms. The van der Waals surface area contributed by atoms with Crippen molar-refractivity contribution in [3.8, 4) is 0 Å². The van der Waals surface area contributed by atoms with Gasteiger partial charge in [-0.2, -0.15) is 0 Å². The molecule has 0 spiro atoms. The number of likely N-dealkylation sites (tertiary alicyclic amines) is 1. The lowest BCUT2D eigenvalue weighted by atomic mass is 10.0. The number of nitrogens with zero attached hydrogens (tertiary/aromatic N) is 1. The van der Waals surface area contributed by atoms with E-state index in [-0.39, 0.29) is 37.8 Å². The van der Waals surface area contributed by atoms with Gasteiger partial charge in [0.05, 0.1) is 18.8 Å². The molecular weight excluding hydrogens is 718 g/mol. The number of rotatable bonds is 29. The van der Waals surface area contributed by atoms with E-state index in [0.717, 1.165) is 38.5 Å². The van der Waals surface area contributed by atoms with Crippen molar-refractivity contribution in [2.45, 2.75) is 188 Å². The van der Waals surface area contributed by atoms with Crippen LogP contribution in [-0.2, 0) is 38.3 Å². The van der Waals surface area contributed by atoms with E-state index in [9.17, 15) is 38.7 Å². The molecule has 5 N–H and O–H groups in total. The van der Waals surface area contributed by atoms with E-state index < -0.39 is 71.8 Å². The number of aliphatic hydroxyl groups is 1. The number of carbonyl (C=O) groups excluding carboxylic acids is 7. The lowest BCUT2D eigenvalue weighted by Crippen LogP contribution is -2.60. The maximum absolute atomic E-state index is 13.8. The van der Waals surface area contributed by atoms with Crippen molar-refractivity contribution in [3.63, 3.8) is 0 Å². The van der Waals surface area contributed by atoms with Gasteiger partial charge < -0.3 is 40.8 Å². The Morgan fingerprint density at radius 1 is 0.786 bits per heavy atom. The van der Waals surface area contributed by atoms with E-state index >= 15 is 0 Å². The van der Waals surface area contributed by atoms with E-state index in [4.69, 9.17) is 4.74 Å². The van der Waals surface area contributed by atoms with Gasteiger partial charge in [0, 0.05) is 26.3 Å². The first-order valence-corrected chi connectivity index (χ1v) is 21.0. The fraction of sp³-hybridized carbons (Fsp3) is 0.786. The zero-order valence-electron chi connectivity index (χ0n) is 35.2. The smallest absolute Gasteiger partial charge is 0.302 e. The van der Waals surface area contributed by atoms with Crippen LogP contribution in [0.4, 0.5) is 0 Å². The van der Waals surface area contributed by atoms with Gasteiger partial charge >= 0.3 is 5.97 Å². The van der Waals surface area contributed by atoms with Gasteiger partial charge in [-0.15, -0.1) is 0 Å². The summed E-state index contributed by atoms with van der Waals surface area (Å²) in [7, 11) is 0. The monoisotopic (exact) mass is 792 g/mol. The fourth-order valence-corrected chi connectivity index (χ4v) is 6.70. The van der Waals surface area contributed by atoms with Crippen LogP contribution in [0.15, 0.2) is 12.2 Å². The van der Waals surface area contributed by atoms with E-state index in [2.05, 4.69) is 40.3 Å². The van der Waals surface area contributed by atoms with Crippen molar-refractivity contribution in [1.29, 1.82) is 0 Å². The summed E-state index contributed by atoms with van der Waals surface area (Å²) in [6.45, 7) is 11.7. The highest BCUT2D eigenvalue weighted by Crippen LogP contribution is 2.25. The van der Waals surface area contributed by atoms with Crippen molar-refractivity contribution < 1.29 is 43.4 Å². The number of hydrogen-bond acceptors (Lipinski definition) is 9. The first kappa shape index (κ1) is 50.2. The summed E-state index contributed by atoms with van der Waals surface area (Å²) in [6.07, 6.45) is 19.1. The molecule has 0 aliphatic carbocycles. The number of esters is 1. The van der Waals surface area contributed by atoms with Gasteiger partial charge in [-0.25, -0.2) is 0 Å². The molecule has 0 radical (unpaired) electrons. The van der Waals surface area contributed by atoms with Crippen molar-refractivity contribution in [3.05, 3.63) is 12.2 Å². The van der Waals surface area contributed by atoms with E-state index in [1.807, 2.05) is 6.92 Å². The Labute approximate surface area is 335 Å². The Hall–Kier alpha value is -3.81. The van der Waals surface area contributed by atoms with Gasteiger partial charge in [-0.1, -0.05) is 91.2 Å². The second-order valence-corrected chi connectivity index (χ2v) is 15.8. The average Bonchev–Trinajstić information content (AvgIpc) is 3.54. The van der Waals surface area contributed by atoms with Crippen LogP contribution < -0.4 is 21.3 Å². The van der Waals surface area contributed by atoms with Gasteiger partial charge in [-0.05, 0) is 64.2 Å². The summed E-state index contributed by atoms with van der Waals surface area (Å²) in [4.78, 5) is 90.6. The molecule has 0 saturated carbocycles. The van der Waals surface area contributed by atoms with Gasteiger partial charge in [0.1, 0.15) is 30.5 Å². The van der Waals surface area contributed by atoms with E-state index in [1.54, 1.807) is 13.8 Å². The third-order valence-electron chi connectivity index (χ3n) is 9.99. The average molecular weight is 792 g/mol. The van der Waals surface area contributed by atoms with Crippen LogP contribution in [0.1, 0.15) is 151 Å². The topological polar surface area (TPSA) is 200 Å². The van der Waals surface area contributed by atoms with Gasteiger partial charge in [0.15, 0.2) is 0 Å². The summed E-state index contributed by atoms with van der Waals surface area (Å²) >= 11 is 0. The number of nitrogens with one attached hydrogen (secondary N) is 4. The molecule has 0 aromatic rings. The molecule has 0 aromatic heterocycles. The molecule has 14 nitrogen and oxygen atoms in total. The van der Waals surface area contributed by atoms with Crippen LogP contribution in [0.5, 0.6) is 0 Å². The number of carbonyl (C=O) groups is 7. The summed E-state index contributed by atoms with van der Waals surface area (Å²) in [5.41, 5.74) is 0. The number of aldehydes is 1. The van der Waals surface area contributed by atoms with Gasteiger partial charge in [-0.3, -0.25) is 28.8 Å². The molecule has 1 fully saturated rings. The normalized spacial score (nSPS) is 18.1. The molecule has 1 aliphatic rings. The summed E-state index contributed by atoms with van der Waals surface area (Å²) in [5.74, 6) is -3.93. The second kappa shape index (κ2) is 28.6. The molecule has 1 heterocycles. The number of allylic oxidation sites excluding steroid dienone is 2. The SMILES string of the molecule is CCCCCCCC/C=C\CCCCCCCC(=O)N[C@H](C(=O)N1C[C@H](C)C[C@H]1C(=O)N[C@H](C(=O)N[C@@H](CCOC(C)=O)C(=O)N[C@@H](C)C=O)C(C)C)[C@@H](C)O. The molecule has 1 aliphatic heterocycles. The van der Waals surface area contributed by atoms with Crippen molar-refractivity contribution >= 4 is 41.8 Å². The highest BCUT2D eigenvalue weighted by atomic mass is 16.5. The number of aliphatic hydroxyl groups excluding tert-OH is 1. The van der Waals surface area contributed by atoms with E-state index in [0.29, 0.717) is 19.1 Å². The number of amides is 5. The molecule has 5 amide bonds. The lowest BCUT2D eigenvalue weighted by Gasteiger charge is -2.31. The summed E-state index contributed by atoms with van der Waals surface area (Å²) in [5, 5.41) is 21.1. The van der Waals surface area contributed by atoms with Gasteiger partial charge in [0.25, 0.3) is 0 Å². The minimum Gasteiger partial charge on any atom is -0.466 e. The second-order valence-electron chi connectivity index (χ2n) is 15.8. The van der Waals surface area contributed by atoms with Crippen LogP contribution in [0.25, 0.3) is 0 Å². The van der Waals surface area contributed by atoms with Crippen LogP contribution in [-0.4, -0.2) is 101 Å². The minimum absolute atomic E-state index is 0.0728. The predicted octanol–water partition coefficient (Wildman–Crippen LogP) is 4.41. The summed E-state index contributed by atoms with van der Waals surface area (Å²) < 4.78 is 4.95. The molecule has 1 saturated heterocycles. The van der Waals surface area contributed by atoms with Gasteiger partial charge in [0.2, 0.25) is 29.5 Å². The summed E-state index contributed by atoms with van der Waals surface area (Å²) in [6, 6.07) is -5.32. The van der Waals surface area contributed by atoms with Crippen LogP contribution >= 0.6 is 0 Å². The zero-order valence-corrected chi connectivity index (χ0v) is 35.2. The largest absolute Gasteiger partial charge is 0.466 e. The molecule has 0 bridgehead atoms. The maximum atomic E-state index is 13.8. The van der Waals surface area contributed by atoms with E-state index in [1.165, 1.54) is 64.2 Å². The van der Waals surface area contributed by atoms with Crippen LogP contribution in [0.3, 0.4) is 0 Å². The molecule has 7 atom stereocenters. The minimum atomic E-state index is -1.25. The Bertz CT molecular complexity index is 1260. The molecule has 0 aromatic carbocycles. The zero-order chi connectivity index (χ0) is 42.0. The molecular formula is C42H73N5O9. The predicted molar refractivity (Wildman–Crippen MR) is 216 cm³/mol. The van der Waals surface area contributed by atoms with Crippen LogP contribution in [0, 0.1) is 11.8 Å². The Balaban J connectivity index is 2.74. The lowest BCUT2D eigenvalue weighted by molar-refractivity contribution is -0.144. The Kier molecular flexibility index (Phi) is 25.6. The quantitative estimate of drug-likeness (QED) is 0.0315. The highest BCUT2D eigenvalue weighted by Gasteiger charge is 2.43. The number of unbranched alkanes of at least 4 members (excludes halogenated alkanes) is 11. The van der Waals surface area contributed by atoms with Crippen molar-refractivity contribution in [2.24, 2.45) is 11.8 Å². The van der Waals surface area contributed by atoms with Crippen molar-refractivity contribution in [2.75, 3.05) is 13.2 Å². The molecule has 320 valence electrons. The van der Waals surface area contributed by atoms with Crippen molar-refractivity contribution in [1.82, 2.24) is 26.2 Å². The highest BCUT2D eigenvalue weighted by molar-refractivity contribution is 5.96. The first-order chi connectivity index (χ1) is 26.6. The Morgan fingerprint density at radius 2 is 1.38 bits per heavy atom. The fourth-order valence-electron chi connectivity index (χ4n) is 6.70. The Morgan fingerprint density at radius 3 is 1.93 bits per heavy atom. The maximum Gasteiger partial charge on any atom is 0.302 e. The first-order valence-electron chi connectivity index (χ1n) is 21.0. The third-order valence-corrected chi connectivity index (χ3v) is 9.99.